The molecule has 0 aliphatic heterocycles. The molecule has 0 bridgehead atoms. The standard InChI is InChI=1S/C25H22N4O/c1-16-20(19-7-3-4-8-21(19)26-16)15-24(30)27-18-13-11-17(12-14-18)25-28-22-9-5-6-10-23(22)29(25)2/h3-14,26H,15H2,1-2H3,(H,27,30). The molecule has 5 rings (SSSR count). The molecular formula is C25H22N4O. The first kappa shape index (κ1) is 18.2. The van der Waals surface area contributed by atoms with Crippen molar-refractivity contribution >= 4 is 33.5 Å². The molecule has 0 saturated heterocycles. The van der Waals surface area contributed by atoms with E-state index in [2.05, 4.69) is 20.9 Å². The van der Waals surface area contributed by atoms with Crippen LogP contribution >= 0.6 is 0 Å². The number of nitrogens with zero attached hydrogens (tertiary/aromatic N) is 2. The van der Waals surface area contributed by atoms with Gasteiger partial charge in [-0.25, -0.2) is 4.98 Å². The van der Waals surface area contributed by atoms with E-state index in [4.69, 9.17) is 4.98 Å². The Labute approximate surface area is 174 Å². The highest BCUT2D eigenvalue weighted by Gasteiger charge is 2.13. The number of amides is 1. The summed E-state index contributed by atoms with van der Waals surface area (Å²) in [7, 11) is 2.02. The Morgan fingerprint density at radius 3 is 2.53 bits per heavy atom. The molecule has 0 atom stereocenters. The molecule has 0 aliphatic rings. The summed E-state index contributed by atoms with van der Waals surface area (Å²) in [6.07, 6.45) is 0.336. The summed E-state index contributed by atoms with van der Waals surface area (Å²) in [5.41, 5.74) is 6.99. The van der Waals surface area contributed by atoms with Crippen LogP contribution < -0.4 is 5.32 Å². The number of hydrogen-bond acceptors (Lipinski definition) is 2. The molecule has 0 fully saturated rings. The van der Waals surface area contributed by atoms with E-state index in [-0.39, 0.29) is 5.91 Å². The number of aromatic nitrogens is 3. The Bertz CT molecular complexity index is 1380. The first-order chi connectivity index (χ1) is 14.6. The molecule has 2 aromatic heterocycles. The summed E-state index contributed by atoms with van der Waals surface area (Å²) in [5, 5.41) is 4.11. The number of carbonyl (C=O) groups is 1. The van der Waals surface area contributed by atoms with Gasteiger partial charge < -0.3 is 14.9 Å². The van der Waals surface area contributed by atoms with Crippen LogP contribution in [-0.4, -0.2) is 20.4 Å². The van der Waals surface area contributed by atoms with Crippen LogP contribution in [0.2, 0.25) is 0 Å². The van der Waals surface area contributed by atoms with E-state index in [1.165, 1.54) is 0 Å². The van der Waals surface area contributed by atoms with E-state index < -0.39 is 0 Å². The van der Waals surface area contributed by atoms with E-state index in [0.29, 0.717) is 6.42 Å². The molecule has 2 N–H and O–H groups in total. The summed E-state index contributed by atoms with van der Waals surface area (Å²) >= 11 is 0. The average molecular weight is 394 g/mol. The highest BCUT2D eigenvalue weighted by atomic mass is 16.1. The van der Waals surface area contributed by atoms with Gasteiger partial charge in [-0.05, 0) is 55.0 Å². The molecule has 0 saturated carbocycles. The van der Waals surface area contributed by atoms with Gasteiger partial charge in [-0.2, -0.15) is 0 Å². The zero-order valence-corrected chi connectivity index (χ0v) is 16.9. The fraction of sp³-hybridized carbons (Fsp3) is 0.120. The molecule has 0 unspecified atom stereocenters. The predicted octanol–water partition coefficient (Wildman–Crippen LogP) is 5.21. The lowest BCUT2D eigenvalue weighted by Gasteiger charge is -2.07. The van der Waals surface area contributed by atoms with Crippen molar-refractivity contribution in [3.63, 3.8) is 0 Å². The Morgan fingerprint density at radius 1 is 1.00 bits per heavy atom. The zero-order chi connectivity index (χ0) is 20.7. The molecule has 5 nitrogen and oxygen atoms in total. The van der Waals surface area contributed by atoms with E-state index in [1.807, 2.05) is 80.7 Å². The van der Waals surface area contributed by atoms with Crippen molar-refractivity contribution in [2.24, 2.45) is 7.05 Å². The Kier molecular flexibility index (Phi) is 4.36. The van der Waals surface area contributed by atoms with Gasteiger partial charge in [-0.15, -0.1) is 0 Å². The number of imidazole rings is 1. The largest absolute Gasteiger partial charge is 0.358 e. The lowest BCUT2D eigenvalue weighted by atomic mass is 10.1. The Hall–Kier alpha value is -3.86. The van der Waals surface area contributed by atoms with Gasteiger partial charge in [-0.1, -0.05) is 30.3 Å². The summed E-state index contributed by atoms with van der Waals surface area (Å²) in [6.45, 7) is 2.01. The molecule has 0 spiro atoms. The topological polar surface area (TPSA) is 62.7 Å². The van der Waals surface area contributed by atoms with Crippen molar-refractivity contribution in [1.82, 2.24) is 14.5 Å². The van der Waals surface area contributed by atoms with Crippen molar-refractivity contribution < 1.29 is 4.79 Å². The molecule has 5 aromatic rings. The van der Waals surface area contributed by atoms with Crippen molar-refractivity contribution in [2.45, 2.75) is 13.3 Å². The lowest BCUT2D eigenvalue weighted by molar-refractivity contribution is -0.115. The molecule has 148 valence electrons. The van der Waals surface area contributed by atoms with Gasteiger partial charge in [0.05, 0.1) is 17.5 Å². The quantitative estimate of drug-likeness (QED) is 0.439. The number of carbonyl (C=O) groups excluding carboxylic acids is 1. The van der Waals surface area contributed by atoms with Crippen LogP contribution in [0, 0.1) is 6.92 Å². The highest BCUT2D eigenvalue weighted by Crippen LogP contribution is 2.26. The van der Waals surface area contributed by atoms with Crippen LogP contribution in [0.25, 0.3) is 33.3 Å². The lowest BCUT2D eigenvalue weighted by Crippen LogP contribution is -2.14. The monoisotopic (exact) mass is 394 g/mol. The second kappa shape index (κ2) is 7.19. The molecule has 3 aromatic carbocycles. The molecule has 0 aliphatic carbocycles. The normalized spacial score (nSPS) is 11.3. The minimum Gasteiger partial charge on any atom is -0.358 e. The Balaban J connectivity index is 1.35. The van der Waals surface area contributed by atoms with E-state index in [1.54, 1.807) is 0 Å². The second-order valence-corrected chi connectivity index (χ2v) is 7.56. The smallest absolute Gasteiger partial charge is 0.228 e. The number of nitrogens with one attached hydrogen (secondary N) is 2. The molecule has 2 heterocycles. The van der Waals surface area contributed by atoms with Gasteiger partial charge >= 0.3 is 0 Å². The zero-order valence-electron chi connectivity index (χ0n) is 16.9. The number of anilines is 1. The number of para-hydroxylation sites is 3. The third kappa shape index (κ3) is 3.14. The van der Waals surface area contributed by atoms with E-state index >= 15 is 0 Å². The first-order valence-corrected chi connectivity index (χ1v) is 9.98. The number of hydrogen-bond donors (Lipinski definition) is 2. The van der Waals surface area contributed by atoms with Crippen LogP contribution in [0.4, 0.5) is 5.69 Å². The average Bonchev–Trinajstić information content (AvgIpc) is 3.26. The number of rotatable bonds is 4. The molecule has 5 heteroatoms. The van der Waals surface area contributed by atoms with Crippen LogP contribution in [0.3, 0.4) is 0 Å². The first-order valence-electron chi connectivity index (χ1n) is 9.98. The third-order valence-electron chi connectivity index (χ3n) is 5.58. The molecule has 30 heavy (non-hydrogen) atoms. The Morgan fingerprint density at radius 2 is 1.73 bits per heavy atom. The predicted molar refractivity (Wildman–Crippen MR) is 122 cm³/mol. The van der Waals surface area contributed by atoms with E-state index in [9.17, 15) is 4.79 Å². The van der Waals surface area contributed by atoms with Gasteiger partial charge in [-0.3, -0.25) is 4.79 Å². The maximum atomic E-state index is 12.7. The van der Waals surface area contributed by atoms with Crippen LogP contribution in [0.1, 0.15) is 11.3 Å². The van der Waals surface area contributed by atoms with Crippen LogP contribution in [-0.2, 0) is 18.3 Å². The summed E-state index contributed by atoms with van der Waals surface area (Å²) in [4.78, 5) is 20.7. The number of H-pyrrole nitrogens is 1. The minimum atomic E-state index is -0.0293. The fourth-order valence-corrected chi connectivity index (χ4v) is 4.03. The maximum Gasteiger partial charge on any atom is 0.228 e. The number of fused-ring (bicyclic) bond motifs is 2. The molecular weight excluding hydrogens is 372 g/mol. The highest BCUT2D eigenvalue weighted by molar-refractivity contribution is 5.96. The number of benzene rings is 3. The third-order valence-corrected chi connectivity index (χ3v) is 5.58. The van der Waals surface area contributed by atoms with Gasteiger partial charge in [0, 0.05) is 34.9 Å². The second-order valence-electron chi connectivity index (χ2n) is 7.56. The molecule has 1 amide bonds. The van der Waals surface area contributed by atoms with Gasteiger partial charge in [0.15, 0.2) is 0 Å². The SMILES string of the molecule is Cc1[nH]c2ccccc2c1CC(=O)Nc1ccc(-c2nc3ccccc3n2C)cc1. The number of aromatic amines is 1. The van der Waals surface area contributed by atoms with Gasteiger partial charge in [0.2, 0.25) is 5.91 Å². The van der Waals surface area contributed by atoms with Crippen molar-refractivity contribution in [2.75, 3.05) is 5.32 Å². The molecule has 0 radical (unpaired) electrons. The summed E-state index contributed by atoms with van der Waals surface area (Å²) in [5.74, 6) is 0.877. The van der Waals surface area contributed by atoms with Crippen molar-refractivity contribution in [3.8, 4) is 11.4 Å². The van der Waals surface area contributed by atoms with Crippen molar-refractivity contribution in [1.29, 1.82) is 0 Å². The minimum absolute atomic E-state index is 0.0293. The summed E-state index contributed by atoms with van der Waals surface area (Å²) in [6, 6.07) is 24.0. The van der Waals surface area contributed by atoms with Crippen LogP contribution in [0.15, 0.2) is 72.8 Å². The number of aryl methyl sites for hydroxylation is 2. The van der Waals surface area contributed by atoms with Crippen LogP contribution in [0.5, 0.6) is 0 Å². The fourth-order valence-electron chi connectivity index (χ4n) is 4.03. The van der Waals surface area contributed by atoms with E-state index in [0.717, 1.165) is 50.3 Å². The maximum absolute atomic E-state index is 12.7. The van der Waals surface area contributed by atoms with Gasteiger partial charge in [0.1, 0.15) is 5.82 Å². The van der Waals surface area contributed by atoms with Gasteiger partial charge in [0.25, 0.3) is 0 Å². The summed E-state index contributed by atoms with van der Waals surface area (Å²) < 4.78 is 2.09. The van der Waals surface area contributed by atoms with Crippen molar-refractivity contribution in [3.05, 3.63) is 84.1 Å².